The van der Waals surface area contributed by atoms with Gasteiger partial charge in [0.25, 0.3) is 0 Å². The average Bonchev–Trinajstić information content (AvgIpc) is 3.23. The summed E-state index contributed by atoms with van der Waals surface area (Å²) >= 11 is 0. The number of nitrogens with one attached hydrogen (secondary N) is 2. The van der Waals surface area contributed by atoms with Gasteiger partial charge in [0.15, 0.2) is 29.0 Å². The monoisotopic (exact) mass is 527 g/mol. The van der Waals surface area contributed by atoms with Gasteiger partial charge >= 0.3 is 0 Å². The number of fused-ring (bicyclic) bond motifs is 1. The van der Waals surface area contributed by atoms with Crippen molar-refractivity contribution in [3.63, 3.8) is 0 Å². The Balaban J connectivity index is 0.00000320. The van der Waals surface area contributed by atoms with Crippen molar-refractivity contribution in [2.75, 3.05) is 41.1 Å². The molecule has 2 aromatic carbocycles. The number of hydrogen-bond acceptors (Lipinski definition) is 5. The first-order valence-corrected chi connectivity index (χ1v) is 9.77. The Morgan fingerprint density at radius 1 is 0.900 bits per heavy atom. The molecule has 2 N–H and O–H groups in total. The van der Waals surface area contributed by atoms with Gasteiger partial charge < -0.3 is 29.6 Å². The maximum absolute atomic E-state index is 5.42. The van der Waals surface area contributed by atoms with Crippen LogP contribution in [-0.4, -0.2) is 47.1 Å². The zero-order valence-electron chi connectivity index (χ0n) is 17.7. The van der Waals surface area contributed by atoms with Crippen LogP contribution < -0.4 is 29.6 Å². The summed E-state index contributed by atoms with van der Waals surface area (Å²) in [7, 11) is 5.08. The molecule has 0 radical (unpaired) electrons. The average molecular weight is 527 g/mol. The van der Waals surface area contributed by atoms with Crippen LogP contribution >= 0.6 is 24.0 Å². The van der Waals surface area contributed by atoms with Crippen molar-refractivity contribution in [2.24, 2.45) is 4.99 Å². The van der Waals surface area contributed by atoms with Crippen LogP contribution in [0.15, 0.2) is 41.4 Å². The lowest BCUT2D eigenvalue weighted by Gasteiger charge is -2.13. The third-order valence-electron chi connectivity index (χ3n) is 4.75. The number of rotatable bonds is 9. The van der Waals surface area contributed by atoms with Crippen LogP contribution in [0.3, 0.4) is 0 Å². The van der Waals surface area contributed by atoms with E-state index in [4.69, 9.17) is 18.9 Å². The van der Waals surface area contributed by atoms with E-state index in [-0.39, 0.29) is 24.0 Å². The molecular formula is C22H30IN3O4. The molecule has 0 amide bonds. The fraction of sp³-hybridized carbons (Fsp3) is 0.409. The summed E-state index contributed by atoms with van der Waals surface area (Å²) in [6.07, 6.45) is 2.81. The predicted octanol–water partition coefficient (Wildman–Crippen LogP) is 3.39. The summed E-state index contributed by atoms with van der Waals surface area (Å²) in [5, 5.41) is 6.70. The number of aliphatic imine (C=N–C) groups is 1. The highest BCUT2D eigenvalue weighted by Crippen LogP contribution is 2.32. The highest BCUT2D eigenvalue weighted by Gasteiger charge is 2.13. The van der Waals surface area contributed by atoms with Crippen molar-refractivity contribution in [3.8, 4) is 23.0 Å². The first-order valence-electron chi connectivity index (χ1n) is 9.77. The van der Waals surface area contributed by atoms with Gasteiger partial charge in [-0.25, -0.2) is 0 Å². The van der Waals surface area contributed by atoms with Crippen molar-refractivity contribution in [3.05, 3.63) is 47.5 Å². The van der Waals surface area contributed by atoms with Gasteiger partial charge in [-0.1, -0.05) is 12.1 Å². The molecule has 8 heteroatoms. The van der Waals surface area contributed by atoms with E-state index >= 15 is 0 Å². The smallest absolute Gasteiger partial charge is 0.231 e. The highest BCUT2D eigenvalue weighted by atomic mass is 127. The number of ether oxygens (including phenoxy) is 4. The Morgan fingerprint density at radius 3 is 2.37 bits per heavy atom. The topological polar surface area (TPSA) is 73.3 Å². The van der Waals surface area contributed by atoms with Crippen molar-refractivity contribution in [1.82, 2.24) is 10.6 Å². The van der Waals surface area contributed by atoms with Gasteiger partial charge in [0.2, 0.25) is 6.79 Å². The van der Waals surface area contributed by atoms with Gasteiger partial charge in [0, 0.05) is 20.1 Å². The van der Waals surface area contributed by atoms with Gasteiger partial charge in [-0.15, -0.1) is 24.0 Å². The zero-order valence-corrected chi connectivity index (χ0v) is 20.0. The third-order valence-corrected chi connectivity index (χ3v) is 4.75. The molecule has 0 aromatic heterocycles. The van der Waals surface area contributed by atoms with E-state index in [1.165, 1.54) is 11.1 Å². The van der Waals surface area contributed by atoms with E-state index in [2.05, 4.69) is 27.8 Å². The summed E-state index contributed by atoms with van der Waals surface area (Å²) in [4.78, 5) is 4.28. The molecule has 3 rings (SSSR count). The number of methoxy groups -OCH3 is 2. The molecule has 0 fully saturated rings. The van der Waals surface area contributed by atoms with E-state index in [0.717, 1.165) is 61.3 Å². The second-order valence-electron chi connectivity index (χ2n) is 6.66. The second kappa shape index (κ2) is 12.4. The lowest BCUT2D eigenvalue weighted by atomic mass is 10.1. The molecule has 164 valence electrons. The van der Waals surface area contributed by atoms with Crippen LogP contribution in [0.1, 0.15) is 17.5 Å². The van der Waals surface area contributed by atoms with Crippen molar-refractivity contribution in [1.29, 1.82) is 0 Å². The molecular weight excluding hydrogens is 497 g/mol. The SMILES string of the molecule is CN=C(NCCCc1ccc(OC)c(OC)c1)NCCc1ccc2c(c1)OCO2.I. The minimum Gasteiger partial charge on any atom is -0.493 e. The quantitative estimate of drug-likeness (QED) is 0.226. The fourth-order valence-electron chi connectivity index (χ4n) is 3.18. The molecule has 0 atom stereocenters. The van der Waals surface area contributed by atoms with Crippen molar-refractivity contribution in [2.45, 2.75) is 19.3 Å². The number of guanidine groups is 1. The lowest BCUT2D eigenvalue weighted by molar-refractivity contribution is 0.174. The number of aryl methyl sites for hydroxylation is 1. The maximum Gasteiger partial charge on any atom is 0.231 e. The third kappa shape index (κ3) is 6.58. The Hall–Kier alpha value is -2.36. The minimum absolute atomic E-state index is 0. The minimum atomic E-state index is 0. The number of benzene rings is 2. The summed E-state index contributed by atoms with van der Waals surface area (Å²) in [5.74, 6) is 3.95. The summed E-state index contributed by atoms with van der Waals surface area (Å²) < 4.78 is 21.4. The Labute approximate surface area is 195 Å². The number of nitrogens with zero attached hydrogens (tertiary/aromatic N) is 1. The largest absolute Gasteiger partial charge is 0.493 e. The molecule has 30 heavy (non-hydrogen) atoms. The Morgan fingerprint density at radius 2 is 1.60 bits per heavy atom. The molecule has 7 nitrogen and oxygen atoms in total. The lowest BCUT2D eigenvalue weighted by Crippen LogP contribution is -2.38. The normalized spacial score (nSPS) is 12.2. The van der Waals surface area contributed by atoms with E-state index < -0.39 is 0 Å². The highest BCUT2D eigenvalue weighted by molar-refractivity contribution is 14.0. The predicted molar refractivity (Wildman–Crippen MR) is 129 cm³/mol. The van der Waals surface area contributed by atoms with Gasteiger partial charge in [-0.2, -0.15) is 0 Å². The molecule has 0 unspecified atom stereocenters. The first-order chi connectivity index (χ1) is 14.2. The zero-order chi connectivity index (χ0) is 20.5. The standard InChI is InChI=1S/C22H29N3O4.HI/c1-23-22(25-12-10-17-7-9-19-21(14-17)29-15-28-19)24-11-4-5-16-6-8-18(26-2)20(13-16)27-3;/h6-9,13-14H,4-5,10-12,15H2,1-3H3,(H2,23,24,25);1H. The number of halogens is 1. The Kier molecular flexibility index (Phi) is 9.85. The van der Waals surface area contributed by atoms with E-state index in [1.807, 2.05) is 24.3 Å². The van der Waals surface area contributed by atoms with E-state index in [1.54, 1.807) is 21.3 Å². The fourth-order valence-corrected chi connectivity index (χ4v) is 3.18. The molecule has 0 bridgehead atoms. The van der Waals surface area contributed by atoms with Gasteiger partial charge in [-0.05, 0) is 54.7 Å². The summed E-state index contributed by atoms with van der Waals surface area (Å²) in [6, 6.07) is 12.1. The Bertz CT molecular complexity index is 845. The van der Waals surface area contributed by atoms with E-state index in [0.29, 0.717) is 6.79 Å². The van der Waals surface area contributed by atoms with Crippen LogP contribution in [0.25, 0.3) is 0 Å². The van der Waals surface area contributed by atoms with Gasteiger partial charge in [0.1, 0.15) is 0 Å². The van der Waals surface area contributed by atoms with Crippen LogP contribution in [0.2, 0.25) is 0 Å². The first kappa shape index (κ1) is 23.9. The van der Waals surface area contributed by atoms with Gasteiger partial charge in [0.05, 0.1) is 14.2 Å². The molecule has 0 aliphatic carbocycles. The second-order valence-corrected chi connectivity index (χ2v) is 6.66. The molecule has 1 aliphatic rings. The molecule has 0 saturated heterocycles. The maximum atomic E-state index is 5.42. The number of hydrogen-bond donors (Lipinski definition) is 2. The summed E-state index contributed by atoms with van der Waals surface area (Å²) in [5.41, 5.74) is 2.42. The molecule has 0 spiro atoms. The molecule has 0 saturated carbocycles. The van der Waals surface area contributed by atoms with Gasteiger partial charge in [-0.3, -0.25) is 4.99 Å². The van der Waals surface area contributed by atoms with Crippen LogP contribution in [-0.2, 0) is 12.8 Å². The summed E-state index contributed by atoms with van der Waals surface area (Å²) in [6.45, 7) is 1.92. The molecule has 2 aromatic rings. The van der Waals surface area contributed by atoms with Crippen molar-refractivity contribution < 1.29 is 18.9 Å². The molecule has 1 heterocycles. The van der Waals surface area contributed by atoms with Crippen molar-refractivity contribution >= 4 is 29.9 Å². The molecule has 1 aliphatic heterocycles. The van der Waals surface area contributed by atoms with Crippen LogP contribution in [0, 0.1) is 0 Å². The van der Waals surface area contributed by atoms with E-state index in [9.17, 15) is 0 Å². The van der Waals surface area contributed by atoms with Crippen LogP contribution in [0.4, 0.5) is 0 Å². The van der Waals surface area contributed by atoms with Crippen LogP contribution in [0.5, 0.6) is 23.0 Å².